The third kappa shape index (κ3) is 4.61. The van der Waals surface area contributed by atoms with Crippen molar-refractivity contribution in [3.05, 3.63) is 59.7 Å². The van der Waals surface area contributed by atoms with Crippen LogP contribution in [0.3, 0.4) is 0 Å². The maximum absolute atomic E-state index is 12.2. The van der Waals surface area contributed by atoms with Crippen LogP contribution >= 0.6 is 0 Å². The van der Waals surface area contributed by atoms with Gasteiger partial charge in [0.2, 0.25) is 0 Å². The number of para-hydroxylation sites is 2. The van der Waals surface area contributed by atoms with Crippen molar-refractivity contribution in [3.63, 3.8) is 0 Å². The second-order valence-electron chi connectivity index (χ2n) is 5.39. The monoisotopic (exact) mass is 370 g/mol. The number of benzene rings is 2. The zero-order chi connectivity index (χ0) is 19.8. The van der Waals surface area contributed by atoms with Gasteiger partial charge in [0, 0.05) is 11.6 Å². The smallest absolute Gasteiger partial charge is 0.182 e. The van der Waals surface area contributed by atoms with E-state index in [9.17, 15) is 9.90 Å². The van der Waals surface area contributed by atoms with E-state index in [4.69, 9.17) is 18.9 Å². The highest BCUT2D eigenvalue weighted by atomic mass is 16.5. The number of carbonyl (C=O) groups is 1. The molecule has 0 atom stereocenters. The lowest BCUT2D eigenvalue weighted by molar-refractivity contribution is -0.110. The SMILES string of the molecule is COc1cccc(/C=C/C(=O)/C=C(\O)c2cccc(OC)c2OC)c1OC. The van der Waals surface area contributed by atoms with E-state index in [-0.39, 0.29) is 5.76 Å². The van der Waals surface area contributed by atoms with Gasteiger partial charge in [0.05, 0.1) is 34.0 Å². The molecule has 0 aliphatic carbocycles. The number of aliphatic hydroxyl groups is 1. The van der Waals surface area contributed by atoms with Crippen LogP contribution in [0.2, 0.25) is 0 Å². The Labute approximate surface area is 158 Å². The Bertz CT molecular complexity index is 867. The summed E-state index contributed by atoms with van der Waals surface area (Å²) in [4.78, 5) is 12.2. The molecule has 0 radical (unpaired) electrons. The van der Waals surface area contributed by atoms with Crippen molar-refractivity contribution in [2.24, 2.45) is 0 Å². The van der Waals surface area contributed by atoms with Gasteiger partial charge in [-0.1, -0.05) is 18.2 Å². The lowest BCUT2D eigenvalue weighted by atomic mass is 10.1. The van der Waals surface area contributed by atoms with E-state index in [1.165, 1.54) is 27.4 Å². The van der Waals surface area contributed by atoms with Gasteiger partial charge in [-0.25, -0.2) is 0 Å². The normalized spacial score (nSPS) is 11.3. The van der Waals surface area contributed by atoms with Gasteiger partial charge in [-0.15, -0.1) is 0 Å². The largest absolute Gasteiger partial charge is 0.507 e. The molecule has 0 saturated heterocycles. The highest BCUT2D eigenvalue weighted by Crippen LogP contribution is 2.34. The standard InChI is InChI=1S/C21H22O6/c1-24-18-9-5-7-14(20(18)26-3)11-12-15(22)13-17(23)16-8-6-10-19(25-2)21(16)27-4/h5-13,23H,1-4H3/b12-11+,17-13-. The van der Waals surface area contributed by atoms with Crippen molar-refractivity contribution in [2.45, 2.75) is 0 Å². The quantitative estimate of drug-likeness (QED) is 0.561. The highest BCUT2D eigenvalue weighted by Gasteiger charge is 2.13. The van der Waals surface area contributed by atoms with Gasteiger partial charge in [-0.3, -0.25) is 4.79 Å². The molecule has 0 amide bonds. The van der Waals surface area contributed by atoms with Gasteiger partial charge in [0.25, 0.3) is 0 Å². The fourth-order valence-corrected chi connectivity index (χ4v) is 2.56. The molecule has 2 aromatic rings. The molecule has 0 aliphatic heterocycles. The molecule has 0 bridgehead atoms. The third-order valence-electron chi connectivity index (χ3n) is 3.82. The molecule has 0 saturated carbocycles. The summed E-state index contributed by atoms with van der Waals surface area (Å²) in [6.07, 6.45) is 4.04. The Morgan fingerprint density at radius 1 is 0.852 bits per heavy atom. The van der Waals surface area contributed by atoms with Crippen LogP contribution in [0.4, 0.5) is 0 Å². The molecule has 0 unspecified atom stereocenters. The molecule has 2 rings (SSSR count). The van der Waals surface area contributed by atoms with Gasteiger partial charge < -0.3 is 24.1 Å². The van der Waals surface area contributed by atoms with Gasteiger partial charge in [-0.2, -0.15) is 0 Å². The van der Waals surface area contributed by atoms with Crippen LogP contribution in [-0.4, -0.2) is 39.3 Å². The fraction of sp³-hybridized carbons (Fsp3) is 0.190. The van der Waals surface area contributed by atoms with E-state index in [0.717, 1.165) is 6.08 Å². The number of hydrogen-bond acceptors (Lipinski definition) is 6. The summed E-state index contributed by atoms with van der Waals surface area (Å²) in [6.45, 7) is 0. The minimum atomic E-state index is -0.401. The number of rotatable bonds is 8. The second kappa shape index (κ2) is 9.33. The van der Waals surface area contributed by atoms with E-state index in [1.54, 1.807) is 49.6 Å². The molecule has 6 heteroatoms. The Morgan fingerprint density at radius 2 is 1.44 bits per heavy atom. The summed E-state index contributed by atoms with van der Waals surface area (Å²) in [6, 6.07) is 10.4. The molecule has 0 spiro atoms. The van der Waals surface area contributed by atoms with Crippen LogP contribution in [0.5, 0.6) is 23.0 Å². The summed E-state index contributed by atoms with van der Waals surface area (Å²) < 4.78 is 21.0. The Balaban J connectivity index is 2.29. The molecule has 0 aliphatic rings. The summed E-state index contributed by atoms with van der Waals surface area (Å²) in [5.74, 6) is 1.26. The Morgan fingerprint density at radius 3 is 2.04 bits per heavy atom. The number of aliphatic hydroxyl groups excluding tert-OH is 1. The van der Waals surface area contributed by atoms with E-state index in [2.05, 4.69) is 0 Å². The molecule has 1 N–H and O–H groups in total. The van der Waals surface area contributed by atoms with Crippen LogP contribution in [0.15, 0.2) is 48.6 Å². The number of ketones is 1. The van der Waals surface area contributed by atoms with Gasteiger partial charge in [0.1, 0.15) is 5.76 Å². The predicted octanol–water partition coefficient (Wildman–Crippen LogP) is 3.90. The van der Waals surface area contributed by atoms with E-state index in [0.29, 0.717) is 34.1 Å². The van der Waals surface area contributed by atoms with Crippen molar-refractivity contribution in [1.82, 2.24) is 0 Å². The zero-order valence-corrected chi connectivity index (χ0v) is 15.7. The van der Waals surface area contributed by atoms with Crippen LogP contribution in [0.1, 0.15) is 11.1 Å². The third-order valence-corrected chi connectivity index (χ3v) is 3.82. The highest BCUT2D eigenvalue weighted by molar-refractivity contribution is 6.06. The first-order valence-electron chi connectivity index (χ1n) is 8.10. The first-order chi connectivity index (χ1) is 13.0. The second-order valence-corrected chi connectivity index (χ2v) is 5.39. The van der Waals surface area contributed by atoms with Crippen molar-refractivity contribution in [3.8, 4) is 23.0 Å². The fourth-order valence-electron chi connectivity index (χ4n) is 2.56. The molecule has 2 aromatic carbocycles. The lowest BCUT2D eigenvalue weighted by Gasteiger charge is -2.11. The zero-order valence-electron chi connectivity index (χ0n) is 15.7. The number of ether oxygens (including phenoxy) is 4. The summed E-state index contributed by atoms with van der Waals surface area (Å²) in [5, 5.41) is 10.3. The number of allylic oxidation sites excluding steroid dienone is 2. The maximum atomic E-state index is 12.2. The lowest BCUT2D eigenvalue weighted by Crippen LogP contribution is -1.97. The van der Waals surface area contributed by atoms with E-state index < -0.39 is 5.78 Å². The molecule has 6 nitrogen and oxygen atoms in total. The molecular formula is C21H22O6. The Kier molecular flexibility index (Phi) is 6.88. The number of hydrogen-bond donors (Lipinski definition) is 1. The number of methoxy groups -OCH3 is 4. The molecule has 142 valence electrons. The van der Waals surface area contributed by atoms with Crippen molar-refractivity contribution >= 4 is 17.6 Å². The van der Waals surface area contributed by atoms with Crippen LogP contribution in [-0.2, 0) is 4.79 Å². The van der Waals surface area contributed by atoms with Crippen molar-refractivity contribution < 1.29 is 28.8 Å². The predicted molar refractivity (Wildman–Crippen MR) is 104 cm³/mol. The number of carbonyl (C=O) groups excluding carboxylic acids is 1. The minimum Gasteiger partial charge on any atom is -0.507 e. The average Bonchev–Trinajstić information content (AvgIpc) is 2.70. The molecular weight excluding hydrogens is 348 g/mol. The van der Waals surface area contributed by atoms with Gasteiger partial charge in [-0.05, 0) is 30.4 Å². The van der Waals surface area contributed by atoms with Crippen LogP contribution < -0.4 is 18.9 Å². The van der Waals surface area contributed by atoms with E-state index >= 15 is 0 Å². The first-order valence-corrected chi connectivity index (χ1v) is 8.10. The van der Waals surface area contributed by atoms with Gasteiger partial charge >= 0.3 is 0 Å². The topological polar surface area (TPSA) is 74.2 Å². The van der Waals surface area contributed by atoms with Crippen LogP contribution in [0.25, 0.3) is 11.8 Å². The van der Waals surface area contributed by atoms with Gasteiger partial charge in [0.15, 0.2) is 28.8 Å². The minimum absolute atomic E-state index is 0.224. The van der Waals surface area contributed by atoms with E-state index in [1.807, 2.05) is 0 Å². The van der Waals surface area contributed by atoms with Crippen molar-refractivity contribution in [2.75, 3.05) is 28.4 Å². The summed E-state index contributed by atoms with van der Waals surface area (Å²) in [7, 11) is 6.03. The van der Waals surface area contributed by atoms with Crippen molar-refractivity contribution in [1.29, 1.82) is 0 Å². The molecule has 0 heterocycles. The molecule has 0 aromatic heterocycles. The summed E-state index contributed by atoms with van der Waals surface area (Å²) in [5.41, 5.74) is 1.04. The molecule has 27 heavy (non-hydrogen) atoms. The Hall–Kier alpha value is -3.41. The first kappa shape index (κ1) is 19.9. The van der Waals surface area contributed by atoms with Crippen LogP contribution in [0, 0.1) is 0 Å². The maximum Gasteiger partial charge on any atom is 0.182 e. The summed E-state index contributed by atoms with van der Waals surface area (Å²) >= 11 is 0. The molecule has 0 fully saturated rings. The average molecular weight is 370 g/mol.